The van der Waals surface area contributed by atoms with Crippen LogP contribution in [-0.4, -0.2) is 17.9 Å². The molecule has 1 aromatic carbocycles. The fraction of sp³-hybridized carbons (Fsp3) is 0. The largest absolute Gasteiger partial charge is 0.294 e. The van der Waals surface area contributed by atoms with E-state index in [0.29, 0.717) is 18.2 Å². The summed E-state index contributed by atoms with van der Waals surface area (Å²) in [5, 5.41) is 10.2. The van der Waals surface area contributed by atoms with Crippen molar-refractivity contribution >= 4 is 28.2 Å². The van der Waals surface area contributed by atoms with Gasteiger partial charge in [-0.15, -0.1) is 12.4 Å². The summed E-state index contributed by atoms with van der Waals surface area (Å²) in [5.41, 5.74) is -0.738. The van der Waals surface area contributed by atoms with Crippen LogP contribution in [0.25, 0.3) is 0 Å². The molecule has 84 valence electrons. The molecule has 15 heavy (non-hydrogen) atoms. The van der Waals surface area contributed by atoms with Gasteiger partial charge in [0.1, 0.15) is 10.7 Å². The zero-order valence-electron chi connectivity index (χ0n) is 6.95. The van der Waals surface area contributed by atoms with Crippen molar-refractivity contribution in [3.63, 3.8) is 0 Å². The summed E-state index contributed by atoms with van der Waals surface area (Å²) < 4.78 is 42.2. The molecule has 0 aliphatic carbocycles. The minimum Gasteiger partial charge on any atom is -0.282 e. The van der Waals surface area contributed by atoms with Gasteiger partial charge in [0.05, 0.1) is 11.0 Å². The first kappa shape index (κ1) is 13.8. The normalized spacial score (nSPS) is 10.5. The predicted molar refractivity (Wildman–Crippen MR) is 50.1 cm³/mol. The van der Waals surface area contributed by atoms with Crippen molar-refractivity contribution in [3.05, 3.63) is 34.1 Å². The van der Waals surface area contributed by atoms with Gasteiger partial charge >= 0.3 is 0 Å². The second-order valence-corrected chi connectivity index (χ2v) is 3.80. The maximum Gasteiger partial charge on any atom is 0.294 e. The number of nitrogens with zero attached hydrogens (tertiary/aromatic N) is 1. The zero-order chi connectivity index (χ0) is 10.9. The third kappa shape index (κ3) is 3.42. The average molecular weight is 258 g/mol. The quantitative estimate of drug-likeness (QED) is 0.491. The van der Waals surface area contributed by atoms with Gasteiger partial charge in [-0.1, -0.05) is 0 Å². The number of hydrogen-bond acceptors (Lipinski definition) is 4. The number of hydrogen-bond donors (Lipinski definition) is 1. The van der Waals surface area contributed by atoms with Crippen molar-refractivity contribution in [1.82, 2.24) is 0 Å². The molecule has 0 amide bonds. The van der Waals surface area contributed by atoms with Gasteiger partial charge in [0.15, 0.2) is 0 Å². The number of benzene rings is 1. The highest BCUT2D eigenvalue weighted by molar-refractivity contribution is 7.85. The Morgan fingerprint density at radius 2 is 1.87 bits per heavy atom. The first-order valence-electron chi connectivity index (χ1n) is 3.23. The Kier molecular flexibility index (Phi) is 4.14. The van der Waals surface area contributed by atoms with E-state index in [1.807, 2.05) is 0 Å². The lowest BCUT2D eigenvalue weighted by Gasteiger charge is -1.97. The molecule has 0 fully saturated rings. The van der Waals surface area contributed by atoms with Crippen LogP contribution >= 0.6 is 12.4 Å². The average Bonchev–Trinajstić information content (AvgIpc) is 2.01. The maximum atomic E-state index is 12.6. The van der Waals surface area contributed by atoms with E-state index in [0.717, 1.165) is 0 Å². The van der Waals surface area contributed by atoms with Gasteiger partial charge in [0.25, 0.3) is 15.8 Å². The zero-order valence-corrected chi connectivity index (χ0v) is 8.59. The van der Waals surface area contributed by atoms with Gasteiger partial charge in [0, 0.05) is 6.07 Å². The molecule has 0 saturated heterocycles. The van der Waals surface area contributed by atoms with Crippen molar-refractivity contribution in [2.45, 2.75) is 4.90 Å². The molecule has 1 rings (SSSR count). The molecule has 0 atom stereocenters. The molecule has 0 heterocycles. The van der Waals surface area contributed by atoms with Crippen molar-refractivity contribution in [1.29, 1.82) is 0 Å². The van der Waals surface area contributed by atoms with Crippen molar-refractivity contribution in [3.8, 4) is 0 Å². The highest BCUT2D eigenvalue weighted by atomic mass is 35.5. The summed E-state index contributed by atoms with van der Waals surface area (Å²) in [4.78, 5) is 8.39. The molecule has 1 aromatic rings. The Balaban J connectivity index is 0.00000196. The smallest absolute Gasteiger partial charge is 0.282 e. The molecule has 1 N–H and O–H groups in total. The number of nitro groups is 1. The second kappa shape index (κ2) is 4.51. The van der Waals surface area contributed by atoms with Gasteiger partial charge in [0.2, 0.25) is 0 Å². The second-order valence-electron chi connectivity index (χ2n) is 2.38. The van der Waals surface area contributed by atoms with E-state index in [9.17, 15) is 22.9 Å². The van der Waals surface area contributed by atoms with E-state index < -0.39 is 31.4 Å². The topological polar surface area (TPSA) is 97.5 Å². The van der Waals surface area contributed by atoms with E-state index in [1.54, 1.807) is 0 Å². The molecule has 0 aromatic heterocycles. The van der Waals surface area contributed by atoms with E-state index >= 15 is 0 Å². The number of nitro benzene ring substituents is 1. The van der Waals surface area contributed by atoms with Crippen LogP contribution in [0.4, 0.5) is 10.1 Å². The van der Waals surface area contributed by atoms with Crippen LogP contribution in [0.5, 0.6) is 0 Å². The van der Waals surface area contributed by atoms with Crippen molar-refractivity contribution in [2.24, 2.45) is 0 Å². The fourth-order valence-corrected chi connectivity index (χ4v) is 1.33. The molecule has 0 spiro atoms. The molecule has 0 radical (unpaired) electrons. The van der Waals surface area contributed by atoms with Gasteiger partial charge in [-0.05, 0) is 6.07 Å². The molecule has 0 bridgehead atoms. The fourth-order valence-electron chi connectivity index (χ4n) is 0.802. The Hall–Kier alpha value is -1.25. The number of halogens is 2. The standard InChI is InChI=1S/C6H4FNO5S.ClH/c7-4-1-5(8(9)10)3-6(2-4)14(11,12)13;/h1-3H,(H,11,12,13);1H. The highest BCUT2D eigenvalue weighted by Crippen LogP contribution is 2.19. The molecule has 0 saturated carbocycles. The molecule has 0 aliphatic heterocycles. The van der Waals surface area contributed by atoms with Gasteiger partial charge in [-0.25, -0.2) is 4.39 Å². The number of non-ortho nitro benzene ring substituents is 1. The molecule has 9 heteroatoms. The van der Waals surface area contributed by atoms with Crippen LogP contribution in [-0.2, 0) is 10.1 Å². The first-order valence-corrected chi connectivity index (χ1v) is 4.67. The van der Waals surface area contributed by atoms with Crippen LogP contribution < -0.4 is 0 Å². The minimum absolute atomic E-state index is 0. The summed E-state index contributed by atoms with van der Waals surface area (Å²) in [6, 6.07) is 1.61. The van der Waals surface area contributed by atoms with Crippen LogP contribution in [0, 0.1) is 15.9 Å². The minimum atomic E-state index is -4.63. The number of rotatable bonds is 2. The van der Waals surface area contributed by atoms with Crippen molar-refractivity contribution in [2.75, 3.05) is 0 Å². The summed E-state index contributed by atoms with van der Waals surface area (Å²) in [6.45, 7) is 0. The van der Waals surface area contributed by atoms with Gasteiger partial charge in [-0.3, -0.25) is 14.7 Å². The predicted octanol–water partition coefficient (Wildman–Crippen LogP) is 1.40. The summed E-state index contributed by atoms with van der Waals surface area (Å²) in [5.74, 6) is -1.10. The summed E-state index contributed by atoms with van der Waals surface area (Å²) in [6.07, 6.45) is 0. The first-order chi connectivity index (χ1) is 6.30. The van der Waals surface area contributed by atoms with Crippen LogP contribution in [0.1, 0.15) is 0 Å². The lowest BCUT2D eigenvalue weighted by Crippen LogP contribution is -2.00. The third-order valence-electron chi connectivity index (χ3n) is 1.36. The maximum absolute atomic E-state index is 12.6. The van der Waals surface area contributed by atoms with Gasteiger partial charge in [-0.2, -0.15) is 8.42 Å². The molecular weight excluding hydrogens is 253 g/mol. The Bertz CT molecular complexity index is 488. The summed E-state index contributed by atoms with van der Waals surface area (Å²) >= 11 is 0. The Morgan fingerprint density at radius 3 is 2.27 bits per heavy atom. The molecule has 0 unspecified atom stereocenters. The Labute approximate surface area is 90.0 Å². The highest BCUT2D eigenvalue weighted by Gasteiger charge is 2.17. The molecule has 6 nitrogen and oxygen atoms in total. The monoisotopic (exact) mass is 257 g/mol. The van der Waals surface area contributed by atoms with E-state index in [4.69, 9.17) is 4.55 Å². The van der Waals surface area contributed by atoms with Crippen LogP contribution in [0.15, 0.2) is 23.1 Å². The lowest BCUT2D eigenvalue weighted by molar-refractivity contribution is -0.385. The molecule has 0 aliphatic rings. The van der Waals surface area contributed by atoms with E-state index in [2.05, 4.69) is 0 Å². The SMILES string of the molecule is Cl.O=[N+]([O-])c1cc(F)cc(S(=O)(=O)O)c1. The van der Waals surface area contributed by atoms with E-state index in [1.165, 1.54) is 0 Å². The molecular formula is C6H5ClFNO5S. The van der Waals surface area contributed by atoms with Crippen LogP contribution in [0.2, 0.25) is 0 Å². The summed E-state index contributed by atoms with van der Waals surface area (Å²) in [7, 11) is -4.63. The van der Waals surface area contributed by atoms with Crippen LogP contribution in [0.3, 0.4) is 0 Å². The lowest BCUT2D eigenvalue weighted by atomic mass is 10.3. The third-order valence-corrected chi connectivity index (χ3v) is 2.20. The Morgan fingerprint density at radius 1 is 1.33 bits per heavy atom. The van der Waals surface area contributed by atoms with Gasteiger partial charge < -0.3 is 0 Å². The van der Waals surface area contributed by atoms with Crippen molar-refractivity contribution < 1.29 is 22.3 Å². The van der Waals surface area contributed by atoms with E-state index in [-0.39, 0.29) is 12.4 Å².